The van der Waals surface area contributed by atoms with Crippen molar-refractivity contribution in [3.63, 3.8) is 0 Å². The third kappa shape index (κ3) is 1.75. The zero-order valence-electron chi connectivity index (χ0n) is 7.36. The van der Waals surface area contributed by atoms with Gasteiger partial charge >= 0.3 is 0 Å². The molecule has 0 radical (unpaired) electrons. The van der Waals surface area contributed by atoms with Crippen LogP contribution in [0.15, 0.2) is 12.1 Å². The molecule has 0 saturated heterocycles. The van der Waals surface area contributed by atoms with Crippen LogP contribution in [0.4, 0.5) is 13.2 Å². The molecular weight excluding hydrogens is 193 g/mol. The summed E-state index contributed by atoms with van der Waals surface area (Å²) in [6, 6.07) is 1.85. The Morgan fingerprint density at radius 2 is 1.64 bits per heavy atom. The smallest absolute Gasteiger partial charge is 0.194 e. The Morgan fingerprint density at radius 1 is 1.14 bits per heavy atom. The highest BCUT2D eigenvalue weighted by Crippen LogP contribution is 2.38. The number of halogens is 3. The molecule has 1 aliphatic carbocycles. The van der Waals surface area contributed by atoms with E-state index in [0.717, 1.165) is 12.1 Å². The molecule has 1 nitrogen and oxygen atoms in total. The fourth-order valence-electron chi connectivity index (χ4n) is 1.41. The molecule has 1 aromatic carbocycles. The Labute approximate surface area is 79.2 Å². The molecule has 0 heterocycles. The Morgan fingerprint density at radius 3 is 2.07 bits per heavy atom. The van der Waals surface area contributed by atoms with E-state index < -0.39 is 23.1 Å². The van der Waals surface area contributed by atoms with Gasteiger partial charge in [0.15, 0.2) is 17.5 Å². The summed E-state index contributed by atoms with van der Waals surface area (Å²) < 4.78 is 38.0. The van der Waals surface area contributed by atoms with Crippen molar-refractivity contribution in [2.24, 2.45) is 0 Å². The van der Waals surface area contributed by atoms with Crippen molar-refractivity contribution < 1.29 is 18.3 Å². The van der Waals surface area contributed by atoms with Gasteiger partial charge in [0.25, 0.3) is 0 Å². The van der Waals surface area contributed by atoms with E-state index in [4.69, 9.17) is 0 Å². The summed E-state index contributed by atoms with van der Waals surface area (Å²) in [6.45, 7) is 0. The van der Waals surface area contributed by atoms with Crippen molar-refractivity contribution in [1.82, 2.24) is 0 Å². The molecule has 0 bridgehead atoms. The van der Waals surface area contributed by atoms with E-state index in [0.29, 0.717) is 18.4 Å². The monoisotopic (exact) mass is 202 g/mol. The summed E-state index contributed by atoms with van der Waals surface area (Å²) in [7, 11) is 0. The second-order valence-electron chi connectivity index (χ2n) is 3.77. The lowest BCUT2D eigenvalue weighted by Gasteiger charge is -2.07. The van der Waals surface area contributed by atoms with E-state index in [1.54, 1.807) is 0 Å². The molecule has 1 aliphatic rings. The molecule has 0 aliphatic heterocycles. The highest BCUT2D eigenvalue weighted by molar-refractivity contribution is 5.22. The minimum atomic E-state index is -1.46. The van der Waals surface area contributed by atoms with Gasteiger partial charge in [-0.2, -0.15) is 0 Å². The lowest BCUT2D eigenvalue weighted by atomic mass is 10.1. The van der Waals surface area contributed by atoms with Crippen molar-refractivity contribution in [2.45, 2.75) is 24.9 Å². The van der Waals surface area contributed by atoms with Crippen LogP contribution in [-0.4, -0.2) is 10.7 Å². The maximum absolute atomic E-state index is 12.7. The minimum absolute atomic E-state index is 0.182. The van der Waals surface area contributed by atoms with Crippen LogP contribution >= 0.6 is 0 Å². The Hall–Kier alpha value is -1.03. The summed E-state index contributed by atoms with van der Waals surface area (Å²) in [5.41, 5.74) is -0.530. The second kappa shape index (κ2) is 2.98. The van der Waals surface area contributed by atoms with Gasteiger partial charge in [-0.25, -0.2) is 13.2 Å². The van der Waals surface area contributed by atoms with Gasteiger partial charge in [-0.1, -0.05) is 0 Å². The largest absolute Gasteiger partial charge is 0.390 e. The number of rotatable bonds is 2. The molecule has 14 heavy (non-hydrogen) atoms. The molecule has 4 heteroatoms. The Balaban J connectivity index is 2.26. The van der Waals surface area contributed by atoms with Crippen LogP contribution in [0, 0.1) is 17.5 Å². The standard InChI is InChI=1S/C10H9F3O/c11-7-3-6(4-8(12)9(7)13)5-10(14)1-2-10/h3-4,14H,1-2,5H2. The second-order valence-corrected chi connectivity index (χ2v) is 3.77. The first kappa shape index (κ1) is 9.52. The van der Waals surface area contributed by atoms with Crippen LogP contribution in [0.3, 0.4) is 0 Å². The molecule has 0 unspecified atom stereocenters. The van der Waals surface area contributed by atoms with Gasteiger partial charge < -0.3 is 5.11 Å². The van der Waals surface area contributed by atoms with Gasteiger partial charge in [-0.3, -0.25) is 0 Å². The molecule has 0 spiro atoms. The lowest BCUT2D eigenvalue weighted by molar-refractivity contribution is 0.150. The maximum Gasteiger partial charge on any atom is 0.194 e. The first-order valence-corrected chi connectivity index (χ1v) is 4.36. The number of hydrogen-bond acceptors (Lipinski definition) is 1. The third-order valence-corrected chi connectivity index (χ3v) is 2.40. The van der Waals surface area contributed by atoms with Crippen LogP contribution in [0.2, 0.25) is 0 Å². The van der Waals surface area contributed by atoms with E-state index in [-0.39, 0.29) is 6.42 Å². The molecule has 76 valence electrons. The number of aliphatic hydroxyl groups is 1. The quantitative estimate of drug-likeness (QED) is 0.728. The lowest BCUT2D eigenvalue weighted by Crippen LogP contribution is -2.11. The Bertz CT molecular complexity index is 349. The van der Waals surface area contributed by atoms with E-state index in [1.807, 2.05) is 0 Å². The highest BCUT2D eigenvalue weighted by atomic mass is 19.2. The topological polar surface area (TPSA) is 20.2 Å². The predicted octanol–water partition coefficient (Wildman–Crippen LogP) is 2.17. The minimum Gasteiger partial charge on any atom is -0.390 e. The molecule has 0 amide bonds. The van der Waals surface area contributed by atoms with Gasteiger partial charge in [-0.05, 0) is 30.5 Å². The van der Waals surface area contributed by atoms with Crippen LogP contribution < -0.4 is 0 Å². The van der Waals surface area contributed by atoms with Gasteiger partial charge in [0.05, 0.1) is 5.60 Å². The van der Waals surface area contributed by atoms with E-state index in [1.165, 1.54) is 0 Å². The molecular formula is C10H9F3O. The summed E-state index contributed by atoms with van der Waals surface area (Å²) >= 11 is 0. The molecule has 0 aromatic heterocycles. The van der Waals surface area contributed by atoms with Gasteiger partial charge in [0.2, 0.25) is 0 Å². The maximum atomic E-state index is 12.7. The summed E-state index contributed by atoms with van der Waals surface area (Å²) in [4.78, 5) is 0. The first-order chi connectivity index (χ1) is 6.50. The fourth-order valence-corrected chi connectivity index (χ4v) is 1.41. The normalized spacial score (nSPS) is 18.3. The zero-order chi connectivity index (χ0) is 10.3. The van der Waals surface area contributed by atoms with Crippen molar-refractivity contribution in [2.75, 3.05) is 0 Å². The first-order valence-electron chi connectivity index (χ1n) is 4.36. The van der Waals surface area contributed by atoms with Crippen molar-refractivity contribution in [3.8, 4) is 0 Å². The average molecular weight is 202 g/mol. The zero-order valence-corrected chi connectivity index (χ0v) is 7.36. The molecule has 0 atom stereocenters. The summed E-state index contributed by atoms with van der Waals surface area (Å²) in [6.07, 6.45) is 1.45. The molecule has 1 N–H and O–H groups in total. The summed E-state index contributed by atoms with van der Waals surface area (Å²) in [5.74, 6) is -3.87. The van der Waals surface area contributed by atoms with Crippen LogP contribution in [-0.2, 0) is 6.42 Å². The molecule has 2 rings (SSSR count). The van der Waals surface area contributed by atoms with Crippen LogP contribution in [0.25, 0.3) is 0 Å². The number of hydrogen-bond donors (Lipinski definition) is 1. The van der Waals surface area contributed by atoms with Gasteiger partial charge in [0.1, 0.15) is 0 Å². The van der Waals surface area contributed by atoms with Crippen molar-refractivity contribution in [1.29, 1.82) is 0 Å². The summed E-state index contributed by atoms with van der Waals surface area (Å²) in [5, 5.41) is 9.49. The van der Waals surface area contributed by atoms with Gasteiger partial charge in [0, 0.05) is 6.42 Å². The van der Waals surface area contributed by atoms with Gasteiger partial charge in [-0.15, -0.1) is 0 Å². The predicted molar refractivity (Wildman–Crippen MR) is 44.2 cm³/mol. The highest BCUT2D eigenvalue weighted by Gasteiger charge is 2.40. The van der Waals surface area contributed by atoms with Crippen LogP contribution in [0.5, 0.6) is 0 Å². The number of benzene rings is 1. The Kier molecular flexibility index (Phi) is 2.03. The van der Waals surface area contributed by atoms with E-state index in [2.05, 4.69) is 0 Å². The van der Waals surface area contributed by atoms with Crippen LogP contribution in [0.1, 0.15) is 18.4 Å². The van der Waals surface area contributed by atoms with Crippen molar-refractivity contribution in [3.05, 3.63) is 35.1 Å². The van der Waals surface area contributed by atoms with E-state index >= 15 is 0 Å². The van der Waals surface area contributed by atoms with Crippen molar-refractivity contribution >= 4 is 0 Å². The fraction of sp³-hybridized carbons (Fsp3) is 0.400. The van der Waals surface area contributed by atoms with E-state index in [9.17, 15) is 18.3 Å². The average Bonchev–Trinajstić information content (AvgIpc) is 2.79. The third-order valence-electron chi connectivity index (χ3n) is 2.40. The SMILES string of the molecule is OC1(Cc2cc(F)c(F)c(F)c2)CC1. The molecule has 1 saturated carbocycles. The molecule has 1 aromatic rings. The molecule has 1 fully saturated rings.